The summed E-state index contributed by atoms with van der Waals surface area (Å²) in [6, 6.07) is 23.6. The van der Waals surface area contributed by atoms with Crippen LogP contribution in [-0.4, -0.2) is 18.8 Å². The second-order valence-corrected chi connectivity index (χ2v) is 9.20. The van der Waals surface area contributed by atoms with E-state index in [-0.39, 0.29) is 24.4 Å². The molecule has 0 radical (unpaired) electrons. The third kappa shape index (κ3) is 5.50. The molecule has 3 aromatic rings. The maximum atomic E-state index is 13.6. The monoisotopic (exact) mass is 503 g/mol. The van der Waals surface area contributed by atoms with E-state index in [2.05, 4.69) is 17.4 Å². The molecule has 3 aromatic carbocycles. The molecule has 0 saturated carbocycles. The van der Waals surface area contributed by atoms with Crippen LogP contribution in [0.1, 0.15) is 53.5 Å². The third-order valence-corrected chi connectivity index (χ3v) is 6.96. The van der Waals surface area contributed by atoms with E-state index in [1.807, 2.05) is 48.5 Å². The van der Waals surface area contributed by atoms with Gasteiger partial charge in [0.15, 0.2) is 0 Å². The predicted octanol–water partition coefficient (Wildman–Crippen LogP) is 7.07. The highest BCUT2D eigenvalue weighted by atomic mass is 35.5. The summed E-state index contributed by atoms with van der Waals surface area (Å²) < 4.78 is 53.3. The van der Waals surface area contributed by atoms with E-state index in [0.29, 0.717) is 30.9 Å². The molecule has 186 valence electrons. The minimum atomic E-state index is -4.41. The molecule has 2 fully saturated rings. The highest BCUT2D eigenvalue weighted by Crippen LogP contribution is 2.50. The molecule has 5 rings (SSSR count). The third-order valence-electron chi connectivity index (χ3n) is 6.96. The van der Waals surface area contributed by atoms with Crippen LogP contribution in [-0.2, 0) is 17.5 Å². The van der Waals surface area contributed by atoms with Gasteiger partial charge in [0, 0.05) is 11.5 Å². The zero-order valence-corrected chi connectivity index (χ0v) is 20.1. The summed E-state index contributed by atoms with van der Waals surface area (Å²) in [5.41, 5.74) is 1.58. The van der Waals surface area contributed by atoms with Crippen LogP contribution in [0.3, 0.4) is 0 Å². The van der Waals surface area contributed by atoms with Crippen LogP contribution in [0.4, 0.5) is 13.2 Å². The van der Waals surface area contributed by atoms with Crippen LogP contribution in [0, 0.1) is 0 Å². The van der Waals surface area contributed by atoms with Gasteiger partial charge in [0.2, 0.25) is 0 Å². The molecule has 3 nitrogen and oxygen atoms in total. The van der Waals surface area contributed by atoms with Crippen molar-refractivity contribution >= 4 is 12.4 Å². The van der Waals surface area contributed by atoms with E-state index >= 15 is 0 Å². The molecule has 0 bridgehead atoms. The molecular weight excluding hydrogens is 475 g/mol. The first-order valence-electron chi connectivity index (χ1n) is 11.7. The van der Waals surface area contributed by atoms with Crippen molar-refractivity contribution in [3.8, 4) is 5.75 Å². The first kappa shape index (κ1) is 25.5. The lowest BCUT2D eigenvalue weighted by Crippen LogP contribution is -2.48. The Hall–Kier alpha value is -2.54. The summed E-state index contributed by atoms with van der Waals surface area (Å²) in [6.07, 6.45) is -1.93. The fourth-order valence-electron chi connectivity index (χ4n) is 5.32. The second kappa shape index (κ2) is 10.6. The Balaban J connectivity index is 0.00000289. The van der Waals surface area contributed by atoms with Crippen molar-refractivity contribution in [2.24, 2.45) is 0 Å². The van der Waals surface area contributed by atoms with Crippen LogP contribution in [0.15, 0.2) is 78.9 Å². The number of hydrogen-bond donors (Lipinski definition) is 1. The van der Waals surface area contributed by atoms with E-state index in [4.69, 9.17) is 9.47 Å². The van der Waals surface area contributed by atoms with Gasteiger partial charge < -0.3 is 14.8 Å². The highest BCUT2D eigenvalue weighted by Gasteiger charge is 2.49. The molecule has 3 atom stereocenters. The van der Waals surface area contributed by atoms with Crippen LogP contribution in [0.2, 0.25) is 0 Å². The lowest BCUT2D eigenvalue weighted by molar-refractivity contribution is -0.137. The maximum absolute atomic E-state index is 13.6. The Morgan fingerprint density at radius 1 is 0.971 bits per heavy atom. The number of piperidine rings is 1. The largest absolute Gasteiger partial charge is 0.489 e. The van der Waals surface area contributed by atoms with Crippen molar-refractivity contribution in [2.45, 2.75) is 49.6 Å². The normalized spacial score (nSPS) is 24.2. The van der Waals surface area contributed by atoms with Gasteiger partial charge in [0.05, 0.1) is 23.8 Å². The van der Waals surface area contributed by atoms with Crippen molar-refractivity contribution in [3.05, 3.63) is 101 Å². The molecule has 2 heterocycles. The molecule has 35 heavy (non-hydrogen) atoms. The summed E-state index contributed by atoms with van der Waals surface area (Å²) in [7, 11) is 0. The summed E-state index contributed by atoms with van der Waals surface area (Å²) in [6.45, 7) is 1.56. The van der Waals surface area contributed by atoms with Gasteiger partial charge in [0.25, 0.3) is 0 Å². The highest BCUT2D eigenvalue weighted by molar-refractivity contribution is 5.85. The Morgan fingerprint density at radius 2 is 1.69 bits per heavy atom. The number of benzene rings is 3. The van der Waals surface area contributed by atoms with Gasteiger partial charge >= 0.3 is 6.18 Å². The fraction of sp³-hybridized carbons (Fsp3) is 0.357. The van der Waals surface area contributed by atoms with Crippen molar-refractivity contribution in [3.63, 3.8) is 0 Å². The number of alkyl halides is 3. The van der Waals surface area contributed by atoms with E-state index < -0.39 is 17.3 Å². The minimum Gasteiger partial charge on any atom is -0.489 e. The zero-order valence-electron chi connectivity index (χ0n) is 19.3. The number of hydrogen-bond acceptors (Lipinski definition) is 3. The van der Waals surface area contributed by atoms with Gasteiger partial charge in [-0.1, -0.05) is 60.7 Å². The Kier molecular flexibility index (Phi) is 7.74. The van der Waals surface area contributed by atoms with Crippen molar-refractivity contribution in [2.75, 3.05) is 13.2 Å². The molecule has 2 saturated heterocycles. The fourth-order valence-corrected chi connectivity index (χ4v) is 5.32. The second-order valence-electron chi connectivity index (χ2n) is 9.20. The van der Waals surface area contributed by atoms with Gasteiger partial charge in [-0.25, -0.2) is 0 Å². The standard InChI is InChI=1S/C28H28F3NO2.ClH/c29-28(30,31)23-12-13-25(33-18-20-8-3-1-4-9-20)24(16-23)22-17-27(34-19-22)14-7-15-32-26(27)21-10-5-2-6-11-21;/h1-6,8-13,16,22,26,32H,7,14-15,17-19H2;1H/t22-,26-,27+;/m0./s1. The molecule has 0 unspecified atom stereocenters. The number of rotatable bonds is 5. The molecule has 0 amide bonds. The first-order valence-corrected chi connectivity index (χ1v) is 11.7. The topological polar surface area (TPSA) is 30.5 Å². The van der Waals surface area contributed by atoms with Crippen LogP contribution < -0.4 is 10.1 Å². The average Bonchev–Trinajstić information content (AvgIpc) is 3.27. The van der Waals surface area contributed by atoms with E-state index in [0.717, 1.165) is 36.6 Å². The van der Waals surface area contributed by atoms with Crippen LogP contribution in [0.5, 0.6) is 5.75 Å². The van der Waals surface area contributed by atoms with Crippen LogP contribution in [0.25, 0.3) is 0 Å². The Labute approximate surface area is 210 Å². The Morgan fingerprint density at radius 3 is 2.40 bits per heavy atom. The van der Waals surface area contributed by atoms with E-state index in [1.165, 1.54) is 12.1 Å². The van der Waals surface area contributed by atoms with Crippen molar-refractivity contribution < 1.29 is 22.6 Å². The first-order chi connectivity index (χ1) is 16.4. The SMILES string of the molecule is Cl.FC(F)(F)c1ccc(OCc2ccccc2)c([C@@H]2CO[C@]3(CCCN[C@H]3c3ccccc3)C2)c1. The van der Waals surface area contributed by atoms with Crippen molar-refractivity contribution in [1.29, 1.82) is 0 Å². The number of halogens is 4. The molecular formula is C28H29ClF3NO2. The Bertz CT molecular complexity index is 1110. The molecule has 0 aliphatic carbocycles. The summed E-state index contributed by atoms with van der Waals surface area (Å²) in [5.74, 6) is 0.307. The predicted molar refractivity (Wildman–Crippen MR) is 132 cm³/mol. The average molecular weight is 504 g/mol. The van der Waals surface area contributed by atoms with E-state index in [1.54, 1.807) is 0 Å². The van der Waals surface area contributed by atoms with Crippen LogP contribution >= 0.6 is 12.4 Å². The number of ether oxygens (including phenoxy) is 2. The van der Waals surface area contributed by atoms with Gasteiger partial charge in [-0.15, -0.1) is 12.4 Å². The summed E-state index contributed by atoms with van der Waals surface area (Å²) >= 11 is 0. The van der Waals surface area contributed by atoms with Gasteiger partial charge in [-0.05, 0) is 55.1 Å². The van der Waals surface area contributed by atoms with Crippen molar-refractivity contribution in [1.82, 2.24) is 5.32 Å². The smallest absolute Gasteiger partial charge is 0.416 e. The maximum Gasteiger partial charge on any atom is 0.416 e. The molecule has 2 aliphatic heterocycles. The molecule has 1 N–H and O–H groups in total. The van der Waals surface area contributed by atoms with Gasteiger partial charge in [0.1, 0.15) is 12.4 Å². The minimum absolute atomic E-state index is 0. The number of nitrogens with one attached hydrogen (secondary N) is 1. The summed E-state index contributed by atoms with van der Waals surface area (Å²) in [5, 5.41) is 3.60. The van der Waals surface area contributed by atoms with Gasteiger partial charge in [-0.3, -0.25) is 0 Å². The van der Waals surface area contributed by atoms with E-state index in [9.17, 15) is 13.2 Å². The summed E-state index contributed by atoms with van der Waals surface area (Å²) in [4.78, 5) is 0. The molecule has 2 aliphatic rings. The zero-order chi connectivity index (χ0) is 23.6. The molecule has 7 heteroatoms. The lowest BCUT2D eigenvalue weighted by atomic mass is 9.76. The van der Waals surface area contributed by atoms with Gasteiger partial charge in [-0.2, -0.15) is 13.2 Å². The molecule has 0 aromatic heterocycles. The quantitative estimate of drug-likeness (QED) is 0.404. The lowest BCUT2D eigenvalue weighted by Gasteiger charge is -2.41. The molecule has 1 spiro atoms.